The van der Waals surface area contributed by atoms with Crippen molar-refractivity contribution in [1.29, 1.82) is 0 Å². The summed E-state index contributed by atoms with van der Waals surface area (Å²) in [6, 6.07) is 12.6. The van der Waals surface area contributed by atoms with Crippen LogP contribution in [0, 0.1) is 6.92 Å². The molecule has 2 aromatic carbocycles. The molecule has 0 unspecified atom stereocenters. The molecule has 0 spiro atoms. The second-order valence-corrected chi connectivity index (χ2v) is 10.2. The van der Waals surface area contributed by atoms with Gasteiger partial charge in [-0.3, -0.25) is 9.59 Å². The van der Waals surface area contributed by atoms with Crippen LogP contribution in [0.15, 0.2) is 53.4 Å². The smallest absolute Gasteiger partial charge is 0.243 e. The van der Waals surface area contributed by atoms with Crippen LogP contribution in [-0.4, -0.2) is 55.6 Å². The van der Waals surface area contributed by atoms with E-state index in [0.717, 1.165) is 21.9 Å². The minimum absolute atomic E-state index is 0.0380. The van der Waals surface area contributed by atoms with Crippen LogP contribution in [0.25, 0.3) is 0 Å². The van der Waals surface area contributed by atoms with Crippen LogP contribution in [0.3, 0.4) is 0 Å². The molecular weight excluding hydrogens is 450 g/mol. The molecular formula is C23H30ClN3O4S. The molecule has 0 aliphatic rings. The molecule has 32 heavy (non-hydrogen) atoms. The zero-order valence-corrected chi connectivity index (χ0v) is 20.4. The van der Waals surface area contributed by atoms with Crippen LogP contribution >= 0.6 is 11.6 Å². The van der Waals surface area contributed by atoms with Crippen LogP contribution < -0.4 is 5.32 Å². The lowest BCUT2D eigenvalue weighted by molar-refractivity contribution is -0.140. The summed E-state index contributed by atoms with van der Waals surface area (Å²) in [5, 5.41) is 3.22. The van der Waals surface area contributed by atoms with Gasteiger partial charge >= 0.3 is 0 Å². The average molecular weight is 480 g/mol. The van der Waals surface area contributed by atoms with Gasteiger partial charge in [0.15, 0.2) is 0 Å². The van der Waals surface area contributed by atoms with Gasteiger partial charge in [-0.2, -0.15) is 4.31 Å². The normalized spacial score (nSPS) is 12.4. The molecule has 2 rings (SSSR count). The maximum absolute atomic E-state index is 13.2. The summed E-state index contributed by atoms with van der Waals surface area (Å²) in [6.45, 7) is 5.84. The number of nitrogens with one attached hydrogen (secondary N) is 1. The lowest BCUT2D eigenvalue weighted by atomic mass is 10.1. The number of sulfonamides is 1. The van der Waals surface area contributed by atoms with E-state index in [0.29, 0.717) is 11.6 Å². The first-order valence-electron chi connectivity index (χ1n) is 10.4. The van der Waals surface area contributed by atoms with Gasteiger partial charge in [-0.05, 0) is 50.1 Å². The Bertz CT molecular complexity index is 1020. The average Bonchev–Trinajstić information content (AvgIpc) is 2.76. The van der Waals surface area contributed by atoms with Crippen LogP contribution in [0.5, 0.6) is 0 Å². The summed E-state index contributed by atoms with van der Waals surface area (Å²) in [5.74, 6) is -0.750. The van der Waals surface area contributed by atoms with E-state index in [2.05, 4.69) is 5.32 Å². The predicted octanol–water partition coefficient (Wildman–Crippen LogP) is 3.21. The van der Waals surface area contributed by atoms with Gasteiger partial charge in [0.1, 0.15) is 6.04 Å². The summed E-state index contributed by atoms with van der Waals surface area (Å²) >= 11 is 5.85. The Kier molecular flexibility index (Phi) is 9.24. The second-order valence-electron chi connectivity index (χ2n) is 7.69. The summed E-state index contributed by atoms with van der Waals surface area (Å²) in [6.07, 6.45) is 0.770. The maximum atomic E-state index is 13.2. The van der Waals surface area contributed by atoms with Crippen LogP contribution in [0.4, 0.5) is 0 Å². The highest BCUT2D eigenvalue weighted by Gasteiger charge is 2.30. The molecule has 0 radical (unpaired) electrons. The Balaban J connectivity index is 2.24. The van der Waals surface area contributed by atoms with E-state index in [-0.39, 0.29) is 17.3 Å². The van der Waals surface area contributed by atoms with Crippen molar-refractivity contribution in [2.75, 3.05) is 20.1 Å². The van der Waals surface area contributed by atoms with Crippen molar-refractivity contribution in [2.45, 2.75) is 44.7 Å². The fourth-order valence-electron chi connectivity index (χ4n) is 3.02. The molecule has 0 saturated carbocycles. The number of amides is 2. The van der Waals surface area contributed by atoms with Crippen molar-refractivity contribution in [3.8, 4) is 0 Å². The molecule has 0 heterocycles. The number of benzene rings is 2. The summed E-state index contributed by atoms with van der Waals surface area (Å²) in [4.78, 5) is 27.2. The minimum atomic E-state index is -3.90. The van der Waals surface area contributed by atoms with Crippen molar-refractivity contribution in [3.05, 3.63) is 64.7 Å². The number of hydrogen-bond acceptors (Lipinski definition) is 4. The zero-order chi connectivity index (χ0) is 23.9. The third-order valence-corrected chi connectivity index (χ3v) is 7.14. The number of hydrogen-bond donors (Lipinski definition) is 1. The Morgan fingerprint density at radius 2 is 1.66 bits per heavy atom. The second kappa shape index (κ2) is 11.4. The van der Waals surface area contributed by atoms with E-state index in [1.807, 2.05) is 38.1 Å². The first kappa shape index (κ1) is 25.8. The Hall–Kier alpha value is -2.42. The molecule has 0 fully saturated rings. The largest absolute Gasteiger partial charge is 0.354 e. The van der Waals surface area contributed by atoms with Gasteiger partial charge < -0.3 is 10.2 Å². The number of likely N-dealkylation sites (N-methyl/N-ethyl adjacent to an activating group) is 1. The number of nitrogens with zero attached hydrogens (tertiary/aromatic N) is 2. The third kappa shape index (κ3) is 6.79. The van der Waals surface area contributed by atoms with Crippen LogP contribution in [0.2, 0.25) is 5.02 Å². The molecule has 0 aliphatic heterocycles. The lowest BCUT2D eigenvalue weighted by Crippen LogP contribution is -2.50. The van der Waals surface area contributed by atoms with Crippen molar-refractivity contribution >= 4 is 33.4 Å². The number of rotatable bonds is 10. The molecule has 2 amide bonds. The van der Waals surface area contributed by atoms with E-state index in [4.69, 9.17) is 11.6 Å². The number of aryl methyl sites for hydroxylation is 1. The minimum Gasteiger partial charge on any atom is -0.354 e. The molecule has 2 aromatic rings. The van der Waals surface area contributed by atoms with Crippen LogP contribution in [-0.2, 0) is 26.2 Å². The van der Waals surface area contributed by atoms with E-state index in [9.17, 15) is 18.0 Å². The van der Waals surface area contributed by atoms with E-state index in [1.165, 1.54) is 36.2 Å². The number of carbonyl (C=O) groups excluding carboxylic acids is 2. The van der Waals surface area contributed by atoms with Gasteiger partial charge in [0.2, 0.25) is 21.8 Å². The van der Waals surface area contributed by atoms with Crippen LogP contribution in [0.1, 0.15) is 31.4 Å². The maximum Gasteiger partial charge on any atom is 0.243 e. The fourth-order valence-corrected chi connectivity index (χ4v) is 4.27. The lowest BCUT2D eigenvalue weighted by Gasteiger charge is -2.30. The fraction of sp³-hybridized carbons (Fsp3) is 0.391. The predicted molar refractivity (Wildman–Crippen MR) is 126 cm³/mol. The highest BCUT2D eigenvalue weighted by Crippen LogP contribution is 2.18. The van der Waals surface area contributed by atoms with Gasteiger partial charge in [0.05, 0.1) is 11.4 Å². The molecule has 9 heteroatoms. The Morgan fingerprint density at radius 1 is 1.06 bits per heavy atom. The summed E-state index contributed by atoms with van der Waals surface area (Å²) < 4.78 is 26.7. The summed E-state index contributed by atoms with van der Waals surface area (Å²) in [5.41, 5.74) is 1.93. The molecule has 1 N–H and O–H groups in total. The van der Waals surface area contributed by atoms with Gasteiger partial charge in [-0.25, -0.2) is 8.42 Å². The van der Waals surface area contributed by atoms with Crippen molar-refractivity contribution in [2.24, 2.45) is 0 Å². The van der Waals surface area contributed by atoms with E-state index in [1.54, 1.807) is 6.92 Å². The zero-order valence-electron chi connectivity index (χ0n) is 18.8. The molecule has 1 atom stereocenters. The summed E-state index contributed by atoms with van der Waals surface area (Å²) in [7, 11) is -2.56. The van der Waals surface area contributed by atoms with Gasteiger partial charge in [-0.15, -0.1) is 0 Å². The first-order valence-corrected chi connectivity index (χ1v) is 12.2. The van der Waals surface area contributed by atoms with Gasteiger partial charge in [-0.1, -0.05) is 48.4 Å². The number of carbonyl (C=O) groups is 2. The molecule has 0 aliphatic carbocycles. The molecule has 0 bridgehead atoms. The van der Waals surface area contributed by atoms with E-state index >= 15 is 0 Å². The van der Waals surface area contributed by atoms with Crippen molar-refractivity contribution in [1.82, 2.24) is 14.5 Å². The van der Waals surface area contributed by atoms with Crippen molar-refractivity contribution in [3.63, 3.8) is 0 Å². The topological polar surface area (TPSA) is 86.8 Å². The quantitative estimate of drug-likeness (QED) is 0.566. The highest BCUT2D eigenvalue weighted by atomic mass is 35.5. The monoisotopic (exact) mass is 479 g/mol. The molecule has 7 nitrogen and oxygen atoms in total. The highest BCUT2D eigenvalue weighted by molar-refractivity contribution is 7.89. The van der Waals surface area contributed by atoms with Crippen molar-refractivity contribution < 1.29 is 18.0 Å². The third-order valence-electron chi connectivity index (χ3n) is 5.07. The molecule has 0 saturated heterocycles. The Labute approximate surface area is 195 Å². The van der Waals surface area contributed by atoms with Gasteiger partial charge in [0.25, 0.3) is 0 Å². The Morgan fingerprint density at radius 3 is 2.22 bits per heavy atom. The molecule has 174 valence electrons. The van der Waals surface area contributed by atoms with E-state index < -0.39 is 28.5 Å². The molecule has 0 aromatic heterocycles. The number of halogens is 1. The van der Waals surface area contributed by atoms with Gasteiger partial charge in [0, 0.05) is 25.2 Å². The standard InChI is InChI=1S/C23H30ClN3O4S/c1-5-14-25-23(29)18(3)27(15-19-8-6-17(2)7-9-19)22(28)16-26(4)32(30,31)21-12-10-20(24)11-13-21/h6-13,18H,5,14-16H2,1-4H3,(H,25,29)/t18-/m0/s1. The first-order chi connectivity index (χ1) is 15.1. The SMILES string of the molecule is CCCNC(=O)[C@H](C)N(Cc1ccc(C)cc1)C(=O)CN(C)S(=O)(=O)c1ccc(Cl)cc1.